The first kappa shape index (κ1) is 13.5. The molecule has 0 bridgehead atoms. The second kappa shape index (κ2) is 5.16. The minimum atomic E-state index is -3.70. The predicted octanol–water partition coefficient (Wildman–Crippen LogP) is 1.33. The molecule has 1 aliphatic heterocycles. The zero-order chi connectivity index (χ0) is 14.2. The van der Waals surface area contributed by atoms with Crippen LogP contribution in [0.2, 0.25) is 0 Å². The molecule has 3 rings (SSSR count). The summed E-state index contributed by atoms with van der Waals surface area (Å²) in [7, 11) is -3.70. The maximum Gasteiger partial charge on any atom is 0.262 e. The number of benzene rings is 1. The summed E-state index contributed by atoms with van der Waals surface area (Å²) in [5, 5.41) is 2.67. The molecule has 0 spiro atoms. The summed E-state index contributed by atoms with van der Waals surface area (Å²) in [5.41, 5.74) is 1.37. The van der Waals surface area contributed by atoms with Crippen molar-refractivity contribution in [1.82, 2.24) is 4.89 Å². The van der Waals surface area contributed by atoms with Crippen molar-refractivity contribution < 1.29 is 18.0 Å². The van der Waals surface area contributed by atoms with E-state index in [0.29, 0.717) is 11.3 Å². The smallest absolute Gasteiger partial charge is 0.262 e. The van der Waals surface area contributed by atoms with E-state index in [0.717, 1.165) is 25.7 Å². The third-order valence-electron chi connectivity index (χ3n) is 3.64. The summed E-state index contributed by atoms with van der Waals surface area (Å²) in [6.45, 7) is 0. The van der Waals surface area contributed by atoms with Crippen LogP contribution in [0.25, 0.3) is 0 Å². The van der Waals surface area contributed by atoms with E-state index in [4.69, 9.17) is 4.84 Å². The van der Waals surface area contributed by atoms with E-state index in [2.05, 4.69) is 10.2 Å². The summed E-state index contributed by atoms with van der Waals surface area (Å²) in [6, 6.07) is 4.57. The average molecular weight is 296 g/mol. The maximum atomic E-state index is 12.1. The van der Waals surface area contributed by atoms with Gasteiger partial charge in [0.15, 0.2) is 0 Å². The van der Waals surface area contributed by atoms with Gasteiger partial charge in [-0.25, -0.2) is 8.42 Å². The first-order chi connectivity index (χ1) is 9.54. The van der Waals surface area contributed by atoms with Crippen molar-refractivity contribution >= 4 is 21.6 Å². The molecule has 1 amide bonds. The highest BCUT2D eigenvalue weighted by molar-refractivity contribution is 7.89. The zero-order valence-electron chi connectivity index (χ0n) is 10.9. The Bertz CT molecular complexity index is 636. The largest absolute Gasteiger partial charge is 0.326 e. The van der Waals surface area contributed by atoms with Crippen molar-refractivity contribution in [2.75, 3.05) is 5.32 Å². The van der Waals surface area contributed by atoms with Crippen LogP contribution in [-0.2, 0) is 26.1 Å². The Morgan fingerprint density at radius 3 is 2.75 bits per heavy atom. The Kier molecular flexibility index (Phi) is 3.49. The first-order valence-electron chi connectivity index (χ1n) is 6.65. The van der Waals surface area contributed by atoms with Gasteiger partial charge < -0.3 is 5.32 Å². The molecular weight excluding hydrogens is 280 g/mol. The molecule has 1 fully saturated rings. The van der Waals surface area contributed by atoms with E-state index in [-0.39, 0.29) is 23.3 Å². The van der Waals surface area contributed by atoms with Crippen molar-refractivity contribution in [3.05, 3.63) is 23.8 Å². The number of amides is 1. The zero-order valence-corrected chi connectivity index (χ0v) is 11.7. The van der Waals surface area contributed by atoms with Crippen LogP contribution in [0.15, 0.2) is 23.1 Å². The van der Waals surface area contributed by atoms with E-state index >= 15 is 0 Å². The molecule has 6 nitrogen and oxygen atoms in total. The summed E-state index contributed by atoms with van der Waals surface area (Å²) in [4.78, 5) is 18.8. The fourth-order valence-corrected chi connectivity index (χ4v) is 3.46. The van der Waals surface area contributed by atoms with Crippen LogP contribution < -0.4 is 10.2 Å². The average Bonchev–Trinajstić information content (AvgIpc) is 3.03. The Balaban J connectivity index is 1.74. The first-order valence-corrected chi connectivity index (χ1v) is 8.13. The third kappa shape index (κ3) is 2.70. The van der Waals surface area contributed by atoms with Gasteiger partial charge in [-0.3, -0.25) is 9.63 Å². The van der Waals surface area contributed by atoms with E-state index in [1.807, 2.05) is 0 Å². The molecule has 108 valence electrons. The lowest BCUT2D eigenvalue weighted by Gasteiger charge is -2.12. The molecule has 0 radical (unpaired) electrons. The second-order valence-electron chi connectivity index (χ2n) is 5.15. The summed E-state index contributed by atoms with van der Waals surface area (Å²) < 4.78 is 24.3. The van der Waals surface area contributed by atoms with E-state index < -0.39 is 10.0 Å². The van der Waals surface area contributed by atoms with Crippen molar-refractivity contribution in [2.24, 2.45) is 0 Å². The standard InChI is InChI=1S/C13H16N2O4S/c16-13-8-9-7-11(5-6-12(9)14-13)20(17,18)15-19-10-3-1-2-4-10/h5-7,10,15H,1-4,8H2,(H,14,16). The van der Waals surface area contributed by atoms with Gasteiger partial charge in [0.25, 0.3) is 10.0 Å². The number of carbonyl (C=O) groups excluding carboxylic acids is 1. The normalized spacial score (nSPS) is 19.1. The minimum absolute atomic E-state index is 0.0394. The fourth-order valence-electron chi connectivity index (χ4n) is 2.56. The molecule has 20 heavy (non-hydrogen) atoms. The SMILES string of the molecule is O=C1Cc2cc(S(=O)(=O)NOC3CCCC3)ccc2N1. The Hall–Kier alpha value is -1.44. The van der Waals surface area contributed by atoms with E-state index in [1.54, 1.807) is 6.07 Å². The number of carbonyl (C=O) groups is 1. The van der Waals surface area contributed by atoms with Gasteiger partial charge >= 0.3 is 0 Å². The molecule has 1 heterocycles. The van der Waals surface area contributed by atoms with Crippen LogP contribution in [0.5, 0.6) is 0 Å². The molecule has 0 saturated heterocycles. The molecule has 0 aromatic heterocycles. The quantitative estimate of drug-likeness (QED) is 0.821. The van der Waals surface area contributed by atoms with Gasteiger partial charge in [-0.1, -0.05) is 17.7 Å². The summed E-state index contributed by atoms with van der Waals surface area (Å²) >= 11 is 0. The van der Waals surface area contributed by atoms with Gasteiger partial charge in [-0.05, 0) is 36.6 Å². The van der Waals surface area contributed by atoms with Gasteiger partial charge in [-0.2, -0.15) is 0 Å². The lowest BCUT2D eigenvalue weighted by Crippen LogP contribution is -2.28. The lowest BCUT2D eigenvalue weighted by molar-refractivity contribution is -0.115. The molecule has 1 saturated carbocycles. The minimum Gasteiger partial charge on any atom is -0.326 e. The van der Waals surface area contributed by atoms with Gasteiger partial charge in [0, 0.05) is 5.69 Å². The molecule has 0 atom stereocenters. The fraction of sp³-hybridized carbons (Fsp3) is 0.462. The lowest BCUT2D eigenvalue weighted by atomic mass is 10.2. The number of sulfonamides is 1. The van der Waals surface area contributed by atoms with Crippen LogP contribution in [0, 0.1) is 0 Å². The highest BCUT2D eigenvalue weighted by atomic mass is 32.2. The second-order valence-corrected chi connectivity index (χ2v) is 6.80. The van der Waals surface area contributed by atoms with Crippen LogP contribution in [0.4, 0.5) is 5.69 Å². The third-order valence-corrected chi connectivity index (χ3v) is 4.83. The molecule has 1 aromatic rings. The summed E-state index contributed by atoms with van der Waals surface area (Å²) in [5.74, 6) is -0.121. The molecule has 0 unspecified atom stereocenters. The van der Waals surface area contributed by atoms with Gasteiger partial charge in [0.1, 0.15) is 0 Å². The highest BCUT2D eigenvalue weighted by Crippen LogP contribution is 2.26. The van der Waals surface area contributed by atoms with Gasteiger partial charge in [0.2, 0.25) is 5.91 Å². The predicted molar refractivity (Wildman–Crippen MR) is 72.4 cm³/mol. The number of anilines is 1. The number of hydrogen-bond donors (Lipinski definition) is 2. The number of nitrogens with one attached hydrogen (secondary N) is 2. The Morgan fingerprint density at radius 1 is 1.25 bits per heavy atom. The van der Waals surface area contributed by atoms with Crippen molar-refractivity contribution in [1.29, 1.82) is 0 Å². The van der Waals surface area contributed by atoms with Gasteiger partial charge in [-0.15, -0.1) is 0 Å². The highest BCUT2D eigenvalue weighted by Gasteiger charge is 2.23. The van der Waals surface area contributed by atoms with Crippen molar-refractivity contribution in [3.8, 4) is 0 Å². The topological polar surface area (TPSA) is 84.5 Å². The number of fused-ring (bicyclic) bond motifs is 1. The van der Waals surface area contributed by atoms with E-state index in [1.165, 1.54) is 12.1 Å². The number of rotatable bonds is 4. The van der Waals surface area contributed by atoms with E-state index in [9.17, 15) is 13.2 Å². The van der Waals surface area contributed by atoms with Crippen molar-refractivity contribution in [2.45, 2.75) is 43.1 Å². The maximum absolute atomic E-state index is 12.1. The van der Waals surface area contributed by atoms with Crippen LogP contribution in [0.3, 0.4) is 0 Å². The van der Waals surface area contributed by atoms with Gasteiger partial charge in [0.05, 0.1) is 17.4 Å². The molecule has 7 heteroatoms. The molecule has 2 aliphatic rings. The molecule has 1 aromatic carbocycles. The van der Waals surface area contributed by atoms with Crippen LogP contribution in [0.1, 0.15) is 31.2 Å². The Morgan fingerprint density at radius 2 is 2.00 bits per heavy atom. The van der Waals surface area contributed by atoms with Crippen LogP contribution >= 0.6 is 0 Å². The molecule has 2 N–H and O–H groups in total. The summed E-state index contributed by atoms with van der Waals surface area (Å²) in [6.07, 6.45) is 4.07. The number of hydrogen-bond acceptors (Lipinski definition) is 4. The Labute approximate surface area is 117 Å². The van der Waals surface area contributed by atoms with Crippen LogP contribution in [-0.4, -0.2) is 20.4 Å². The molecule has 1 aliphatic carbocycles. The van der Waals surface area contributed by atoms with Crippen molar-refractivity contribution in [3.63, 3.8) is 0 Å². The molecular formula is C13H16N2O4S. The monoisotopic (exact) mass is 296 g/mol.